The van der Waals surface area contributed by atoms with Crippen molar-refractivity contribution >= 4 is 42.3 Å². The quantitative estimate of drug-likeness (QED) is 0.0560. The van der Waals surface area contributed by atoms with Gasteiger partial charge in [0, 0.05) is 12.3 Å². The highest BCUT2D eigenvalue weighted by atomic mass is 32.1. The Balaban J connectivity index is 5.40. The van der Waals surface area contributed by atoms with Gasteiger partial charge in [0.05, 0.1) is 6.04 Å². The van der Waals surface area contributed by atoms with Gasteiger partial charge in [0.2, 0.25) is 17.7 Å². The molecule has 4 atom stereocenters. The zero-order chi connectivity index (χ0) is 26.4. The van der Waals surface area contributed by atoms with Gasteiger partial charge in [-0.1, -0.05) is 27.7 Å². The molecule has 0 spiro atoms. The molecule has 4 unspecified atom stereocenters. The van der Waals surface area contributed by atoms with Crippen molar-refractivity contribution < 1.29 is 24.3 Å². The van der Waals surface area contributed by atoms with Gasteiger partial charge in [0.1, 0.15) is 18.1 Å². The summed E-state index contributed by atoms with van der Waals surface area (Å²) < 4.78 is 0. The minimum absolute atomic E-state index is 0.0233. The lowest BCUT2D eigenvalue weighted by atomic mass is 10.0. The first-order valence-electron chi connectivity index (χ1n) is 11.3. The van der Waals surface area contributed by atoms with E-state index in [1.54, 1.807) is 0 Å². The van der Waals surface area contributed by atoms with E-state index in [-0.39, 0.29) is 42.9 Å². The Labute approximate surface area is 206 Å². The van der Waals surface area contributed by atoms with E-state index in [1.807, 2.05) is 27.7 Å². The number of nitrogens with one attached hydrogen (secondary N) is 3. The lowest BCUT2D eigenvalue weighted by Crippen LogP contribution is -2.57. The number of amides is 3. The summed E-state index contributed by atoms with van der Waals surface area (Å²) >= 11 is 4.13. The largest absolute Gasteiger partial charge is 0.480 e. The molecule has 0 saturated heterocycles. The summed E-state index contributed by atoms with van der Waals surface area (Å²) in [5.41, 5.74) is 16.5. The van der Waals surface area contributed by atoms with Crippen LogP contribution in [0.5, 0.6) is 0 Å². The Morgan fingerprint density at radius 2 is 1.35 bits per heavy atom. The van der Waals surface area contributed by atoms with E-state index in [9.17, 15) is 24.3 Å². The molecule has 0 fully saturated rings. The van der Waals surface area contributed by atoms with Crippen LogP contribution in [0.1, 0.15) is 53.4 Å². The van der Waals surface area contributed by atoms with E-state index >= 15 is 0 Å². The van der Waals surface area contributed by atoms with E-state index in [1.165, 1.54) is 0 Å². The van der Waals surface area contributed by atoms with Gasteiger partial charge in [0.25, 0.3) is 0 Å². The fourth-order valence-corrected chi connectivity index (χ4v) is 3.35. The van der Waals surface area contributed by atoms with Gasteiger partial charge in [-0.05, 0) is 37.5 Å². The van der Waals surface area contributed by atoms with Crippen molar-refractivity contribution in [2.24, 2.45) is 34.0 Å². The van der Waals surface area contributed by atoms with Gasteiger partial charge in [-0.3, -0.25) is 19.4 Å². The lowest BCUT2D eigenvalue weighted by molar-refractivity contribution is -0.142. The number of nitrogens with two attached hydrogens (primary N) is 3. The van der Waals surface area contributed by atoms with Crippen LogP contribution in [0.25, 0.3) is 0 Å². The second-order valence-corrected chi connectivity index (χ2v) is 9.38. The van der Waals surface area contributed by atoms with E-state index in [2.05, 4.69) is 33.6 Å². The Hall–Kier alpha value is -2.54. The summed E-state index contributed by atoms with van der Waals surface area (Å²) in [4.78, 5) is 53.4. The van der Waals surface area contributed by atoms with Gasteiger partial charge in [0.15, 0.2) is 5.96 Å². The Morgan fingerprint density at radius 3 is 1.82 bits per heavy atom. The van der Waals surface area contributed by atoms with E-state index < -0.39 is 47.9 Å². The standard InChI is InChI=1S/C21H41N7O5S/c1-11(2)8-13(22)17(29)28-16(10-34)19(31)26-14(6-5-7-25-21(23)24)18(30)27-15(20(32)33)9-12(3)4/h11-16,34H,5-10,22H2,1-4H3,(H,26,31)(H,27,30)(H,28,29)(H,32,33)(H4,23,24,25). The van der Waals surface area contributed by atoms with Crippen LogP contribution in [0.15, 0.2) is 4.99 Å². The Bertz CT molecular complexity index is 714. The van der Waals surface area contributed by atoms with Crippen molar-refractivity contribution in [1.82, 2.24) is 16.0 Å². The number of thiol groups is 1. The summed E-state index contributed by atoms with van der Waals surface area (Å²) in [6.07, 6.45) is 1.14. The molecule has 0 aromatic heterocycles. The predicted molar refractivity (Wildman–Crippen MR) is 134 cm³/mol. The van der Waals surface area contributed by atoms with Crippen LogP contribution in [0.3, 0.4) is 0 Å². The monoisotopic (exact) mass is 503 g/mol. The average Bonchev–Trinajstić information content (AvgIpc) is 2.71. The molecule has 10 N–H and O–H groups in total. The van der Waals surface area contributed by atoms with E-state index in [4.69, 9.17) is 17.2 Å². The zero-order valence-corrected chi connectivity index (χ0v) is 21.3. The van der Waals surface area contributed by atoms with Crippen LogP contribution in [0.2, 0.25) is 0 Å². The van der Waals surface area contributed by atoms with Crippen molar-refractivity contribution in [2.75, 3.05) is 12.3 Å². The maximum atomic E-state index is 12.9. The average molecular weight is 504 g/mol. The summed E-state index contributed by atoms with van der Waals surface area (Å²) in [5.74, 6) is -2.90. The highest BCUT2D eigenvalue weighted by molar-refractivity contribution is 7.80. The smallest absolute Gasteiger partial charge is 0.326 e. The van der Waals surface area contributed by atoms with Crippen molar-refractivity contribution in [3.63, 3.8) is 0 Å². The first-order chi connectivity index (χ1) is 15.8. The van der Waals surface area contributed by atoms with Crippen molar-refractivity contribution in [2.45, 2.75) is 77.5 Å². The van der Waals surface area contributed by atoms with Crippen LogP contribution >= 0.6 is 12.6 Å². The molecule has 13 heteroatoms. The van der Waals surface area contributed by atoms with Crippen LogP contribution < -0.4 is 33.2 Å². The molecular formula is C21H41N7O5S. The Kier molecular flexibility index (Phi) is 14.9. The molecule has 0 aliphatic heterocycles. The maximum absolute atomic E-state index is 12.9. The topological polar surface area (TPSA) is 215 Å². The number of carboxylic acid groups (broad SMARTS) is 1. The second kappa shape index (κ2) is 16.1. The Morgan fingerprint density at radius 1 is 0.853 bits per heavy atom. The number of hydrogen-bond donors (Lipinski definition) is 8. The molecule has 12 nitrogen and oxygen atoms in total. The van der Waals surface area contributed by atoms with Crippen molar-refractivity contribution in [3.05, 3.63) is 0 Å². The number of nitrogens with zero attached hydrogens (tertiary/aromatic N) is 1. The van der Waals surface area contributed by atoms with Crippen molar-refractivity contribution in [3.8, 4) is 0 Å². The number of rotatable bonds is 16. The third kappa shape index (κ3) is 13.2. The molecular weight excluding hydrogens is 462 g/mol. The number of carbonyl (C=O) groups is 4. The highest BCUT2D eigenvalue weighted by Gasteiger charge is 2.30. The third-order valence-electron chi connectivity index (χ3n) is 4.78. The molecule has 0 aromatic rings. The molecule has 0 bridgehead atoms. The molecule has 34 heavy (non-hydrogen) atoms. The summed E-state index contributed by atoms with van der Waals surface area (Å²) in [5, 5.41) is 17.0. The van der Waals surface area contributed by atoms with Gasteiger partial charge in [-0.2, -0.15) is 12.6 Å². The van der Waals surface area contributed by atoms with Crippen LogP contribution in [0, 0.1) is 11.8 Å². The number of guanidine groups is 1. The first-order valence-corrected chi connectivity index (χ1v) is 12.0. The number of hydrogen-bond acceptors (Lipinski definition) is 7. The molecule has 0 saturated carbocycles. The fourth-order valence-electron chi connectivity index (χ4n) is 3.10. The van der Waals surface area contributed by atoms with E-state index in [0.29, 0.717) is 12.8 Å². The molecule has 0 aliphatic carbocycles. The maximum Gasteiger partial charge on any atom is 0.326 e. The lowest BCUT2D eigenvalue weighted by Gasteiger charge is -2.25. The van der Waals surface area contributed by atoms with Gasteiger partial charge >= 0.3 is 5.97 Å². The number of carbonyl (C=O) groups excluding carboxylic acids is 3. The van der Waals surface area contributed by atoms with Gasteiger partial charge in [-0.15, -0.1) is 0 Å². The minimum Gasteiger partial charge on any atom is -0.480 e. The van der Waals surface area contributed by atoms with Crippen molar-refractivity contribution in [1.29, 1.82) is 0 Å². The summed E-state index contributed by atoms with van der Waals surface area (Å²) in [7, 11) is 0. The molecule has 0 rings (SSSR count). The van der Waals surface area contributed by atoms with E-state index in [0.717, 1.165) is 0 Å². The second-order valence-electron chi connectivity index (χ2n) is 9.02. The number of aliphatic carboxylic acids is 1. The fraction of sp³-hybridized carbons (Fsp3) is 0.762. The zero-order valence-electron chi connectivity index (χ0n) is 20.4. The minimum atomic E-state index is -1.17. The molecule has 0 aliphatic rings. The number of carboxylic acids is 1. The molecule has 0 radical (unpaired) electrons. The molecule has 0 aromatic carbocycles. The SMILES string of the molecule is CC(C)CC(N)C(=O)NC(CS)C(=O)NC(CCCN=C(N)N)C(=O)NC(CC(C)C)C(=O)O. The normalized spacial score (nSPS) is 14.6. The summed E-state index contributed by atoms with van der Waals surface area (Å²) in [6, 6.07) is -4.01. The van der Waals surface area contributed by atoms with Gasteiger partial charge < -0.3 is 38.3 Å². The molecule has 3 amide bonds. The van der Waals surface area contributed by atoms with Gasteiger partial charge in [-0.25, -0.2) is 4.79 Å². The molecule has 0 heterocycles. The first kappa shape index (κ1) is 31.5. The van der Waals surface area contributed by atoms with Crippen LogP contribution in [-0.2, 0) is 19.2 Å². The highest BCUT2D eigenvalue weighted by Crippen LogP contribution is 2.08. The van der Waals surface area contributed by atoms with Crippen LogP contribution in [0.4, 0.5) is 0 Å². The summed E-state index contributed by atoms with van der Waals surface area (Å²) in [6.45, 7) is 7.73. The van der Waals surface area contributed by atoms with Crippen LogP contribution in [-0.4, -0.2) is 71.2 Å². The molecule has 196 valence electrons. The third-order valence-corrected chi connectivity index (χ3v) is 5.14. The number of aliphatic imine (C=N–C) groups is 1. The predicted octanol–water partition coefficient (Wildman–Crippen LogP) is -1.07.